The van der Waals surface area contributed by atoms with Gasteiger partial charge in [0.2, 0.25) is 0 Å². The summed E-state index contributed by atoms with van der Waals surface area (Å²) in [6, 6.07) is 10.6. The van der Waals surface area contributed by atoms with E-state index in [1.165, 1.54) is 18.4 Å². The molecule has 1 aliphatic rings. The van der Waals surface area contributed by atoms with Gasteiger partial charge in [0.25, 0.3) is 10.1 Å². The number of hydrogen-bond acceptors (Lipinski definition) is 4. The Labute approximate surface area is 128 Å². The van der Waals surface area contributed by atoms with E-state index < -0.39 is 10.1 Å². The summed E-state index contributed by atoms with van der Waals surface area (Å²) in [4.78, 5) is 2.50. The lowest BCUT2D eigenvalue weighted by Gasteiger charge is -2.32. The second-order valence-electron chi connectivity index (χ2n) is 5.87. The van der Waals surface area contributed by atoms with Gasteiger partial charge in [-0.3, -0.25) is 9.08 Å². The van der Waals surface area contributed by atoms with Gasteiger partial charge < -0.3 is 0 Å². The van der Waals surface area contributed by atoms with E-state index in [2.05, 4.69) is 29.2 Å². The van der Waals surface area contributed by atoms with E-state index in [1.807, 2.05) is 6.07 Å². The predicted octanol–water partition coefficient (Wildman–Crippen LogP) is 2.66. The second-order valence-corrected chi connectivity index (χ2v) is 7.52. The second kappa shape index (κ2) is 7.92. The fourth-order valence-corrected chi connectivity index (χ4v) is 3.28. The van der Waals surface area contributed by atoms with Gasteiger partial charge in [0.1, 0.15) is 0 Å². The first kappa shape index (κ1) is 16.5. The van der Waals surface area contributed by atoms with Crippen LogP contribution in [0.5, 0.6) is 0 Å². The van der Waals surface area contributed by atoms with Crippen LogP contribution in [0.1, 0.15) is 31.2 Å². The Balaban J connectivity index is 1.62. The lowest BCUT2D eigenvalue weighted by Crippen LogP contribution is -2.33. The molecule has 1 aromatic rings. The van der Waals surface area contributed by atoms with Crippen LogP contribution in [-0.4, -0.2) is 39.3 Å². The molecule has 1 saturated heterocycles. The van der Waals surface area contributed by atoms with Gasteiger partial charge in [0.15, 0.2) is 0 Å². The summed E-state index contributed by atoms with van der Waals surface area (Å²) in [6.45, 7) is 3.62. The standard InChI is InChI=1S/C16H25NO3S/c1-21(18,19)20-13-5-8-15-9-11-17(12-10-15)14-16-6-3-2-4-7-16/h2-4,6-7,15H,5,8-14H2,1H3. The average Bonchev–Trinajstić information content (AvgIpc) is 2.45. The van der Waals surface area contributed by atoms with Crippen LogP contribution in [0.2, 0.25) is 0 Å². The molecule has 1 fully saturated rings. The highest BCUT2D eigenvalue weighted by molar-refractivity contribution is 7.85. The Hall–Kier alpha value is -0.910. The van der Waals surface area contributed by atoms with Crippen LogP contribution in [0, 0.1) is 5.92 Å². The zero-order valence-corrected chi connectivity index (χ0v) is 13.5. The molecular weight excluding hydrogens is 286 g/mol. The van der Waals surface area contributed by atoms with Crippen molar-refractivity contribution in [1.29, 1.82) is 0 Å². The summed E-state index contributed by atoms with van der Waals surface area (Å²) in [5.74, 6) is 0.709. The number of likely N-dealkylation sites (tertiary alicyclic amines) is 1. The lowest BCUT2D eigenvalue weighted by molar-refractivity contribution is 0.166. The molecule has 4 nitrogen and oxygen atoms in total. The van der Waals surface area contributed by atoms with Crippen molar-refractivity contribution < 1.29 is 12.6 Å². The first-order valence-electron chi connectivity index (χ1n) is 7.63. The molecule has 21 heavy (non-hydrogen) atoms. The van der Waals surface area contributed by atoms with Crippen LogP contribution >= 0.6 is 0 Å². The van der Waals surface area contributed by atoms with Crippen molar-refractivity contribution in [2.45, 2.75) is 32.2 Å². The maximum atomic E-state index is 10.9. The van der Waals surface area contributed by atoms with E-state index in [0.717, 1.165) is 38.7 Å². The third kappa shape index (κ3) is 6.59. The minimum Gasteiger partial charge on any atom is -0.299 e. The molecule has 2 rings (SSSR count). The molecule has 0 atom stereocenters. The number of benzene rings is 1. The summed E-state index contributed by atoms with van der Waals surface area (Å²) < 4.78 is 26.5. The minimum absolute atomic E-state index is 0.322. The zero-order chi connectivity index (χ0) is 15.1. The van der Waals surface area contributed by atoms with E-state index in [4.69, 9.17) is 4.18 Å². The number of hydrogen-bond donors (Lipinski definition) is 0. The third-order valence-electron chi connectivity index (χ3n) is 4.01. The van der Waals surface area contributed by atoms with Gasteiger partial charge in [0, 0.05) is 6.54 Å². The fourth-order valence-electron chi connectivity index (χ4n) is 2.86. The highest BCUT2D eigenvalue weighted by Crippen LogP contribution is 2.23. The average molecular weight is 311 g/mol. The maximum Gasteiger partial charge on any atom is 0.264 e. The van der Waals surface area contributed by atoms with E-state index in [-0.39, 0.29) is 0 Å². The Kier molecular flexibility index (Phi) is 6.21. The van der Waals surface area contributed by atoms with Gasteiger partial charge in [-0.05, 0) is 50.3 Å². The van der Waals surface area contributed by atoms with Gasteiger partial charge >= 0.3 is 0 Å². The predicted molar refractivity (Wildman–Crippen MR) is 84.5 cm³/mol. The Morgan fingerprint density at radius 2 is 1.86 bits per heavy atom. The van der Waals surface area contributed by atoms with Crippen LogP contribution in [0.3, 0.4) is 0 Å². The SMILES string of the molecule is CS(=O)(=O)OCCCC1CCN(Cc2ccccc2)CC1. The number of nitrogens with zero attached hydrogens (tertiary/aromatic N) is 1. The zero-order valence-electron chi connectivity index (χ0n) is 12.7. The first-order valence-corrected chi connectivity index (χ1v) is 9.45. The molecule has 0 saturated carbocycles. The molecule has 0 N–H and O–H groups in total. The molecule has 0 unspecified atom stereocenters. The minimum atomic E-state index is -3.28. The van der Waals surface area contributed by atoms with Crippen molar-refractivity contribution in [2.24, 2.45) is 5.92 Å². The van der Waals surface area contributed by atoms with Crippen molar-refractivity contribution in [3.05, 3.63) is 35.9 Å². The molecule has 1 heterocycles. The third-order valence-corrected chi connectivity index (χ3v) is 4.61. The molecule has 0 spiro atoms. The summed E-state index contributed by atoms with van der Waals surface area (Å²) in [5, 5.41) is 0. The van der Waals surface area contributed by atoms with Crippen LogP contribution in [-0.2, 0) is 20.8 Å². The Morgan fingerprint density at radius 3 is 2.48 bits per heavy atom. The fraction of sp³-hybridized carbons (Fsp3) is 0.625. The van der Waals surface area contributed by atoms with E-state index >= 15 is 0 Å². The van der Waals surface area contributed by atoms with Crippen LogP contribution < -0.4 is 0 Å². The van der Waals surface area contributed by atoms with Crippen molar-refractivity contribution in [3.63, 3.8) is 0 Å². The number of rotatable bonds is 7. The summed E-state index contributed by atoms with van der Waals surface area (Å²) in [7, 11) is -3.28. The molecule has 1 aromatic carbocycles. The summed E-state index contributed by atoms with van der Waals surface area (Å²) in [5.41, 5.74) is 1.37. The van der Waals surface area contributed by atoms with Crippen molar-refractivity contribution in [3.8, 4) is 0 Å². The quantitative estimate of drug-likeness (QED) is 0.574. The molecule has 0 amide bonds. The van der Waals surface area contributed by atoms with Crippen LogP contribution in [0.4, 0.5) is 0 Å². The highest BCUT2D eigenvalue weighted by atomic mass is 32.2. The van der Waals surface area contributed by atoms with Gasteiger partial charge in [0.05, 0.1) is 12.9 Å². The molecule has 5 heteroatoms. The Bertz CT molecular complexity index is 508. The molecule has 0 aromatic heterocycles. The van der Waals surface area contributed by atoms with E-state index in [1.54, 1.807) is 0 Å². The van der Waals surface area contributed by atoms with E-state index in [9.17, 15) is 8.42 Å². The molecule has 1 aliphatic heterocycles. The lowest BCUT2D eigenvalue weighted by atomic mass is 9.92. The van der Waals surface area contributed by atoms with Crippen molar-refractivity contribution in [2.75, 3.05) is 26.0 Å². The van der Waals surface area contributed by atoms with Gasteiger partial charge in [-0.2, -0.15) is 8.42 Å². The molecule has 118 valence electrons. The number of piperidine rings is 1. The molecule has 0 aliphatic carbocycles. The van der Waals surface area contributed by atoms with E-state index in [0.29, 0.717) is 12.5 Å². The molecular formula is C16H25NO3S. The van der Waals surface area contributed by atoms with Crippen LogP contribution in [0.15, 0.2) is 30.3 Å². The monoisotopic (exact) mass is 311 g/mol. The summed E-state index contributed by atoms with van der Waals surface area (Å²) >= 11 is 0. The van der Waals surface area contributed by atoms with Crippen molar-refractivity contribution in [1.82, 2.24) is 4.90 Å². The smallest absolute Gasteiger partial charge is 0.264 e. The van der Waals surface area contributed by atoms with Gasteiger partial charge in [-0.15, -0.1) is 0 Å². The maximum absolute atomic E-state index is 10.9. The topological polar surface area (TPSA) is 46.6 Å². The first-order chi connectivity index (χ1) is 10.0. The van der Waals surface area contributed by atoms with Crippen molar-refractivity contribution >= 4 is 10.1 Å². The normalized spacial score (nSPS) is 18.0. The largest absolute Gasteiger partial charge is 0.299 e. The Morgan fingerprint density at radius 1 is 1.19 bits per heavy atom. The molecule has 0 bridgehead atoms. The van der Waals surface area contributed by atoms with Gasteiger partial charge in [-0.1, -0.05) is 30.3 Å². The van der Waals surface area contributed by atoms with Crippen LogP contribution in [0.25, 0.3) is 0 Å². The molecule has 0 radical (unpaired) electrons. The summed E-state index contributed by atoms with van der Waals surface area (Å²) in [6.07, 6.45) is 5.40. The highest BCUT2D eigenvalue weighted by Gasteiger charge is 2.19. The van der Waals surface area contributed by atoms with Gasteiger partial charge in [-0.25, -0.2) is 0 Å².